The zero-order chi connectivity index (χ0) is 14.8. The van der Waals surface area contributed by atoms with Crippen LogP contribution in [-0.2, 0) is 0 Å². The van der Waals surface area contributed by atoms with E-state index in [1.165, 1.54) is 0 Å². The fourth-order valence-corrected chi connectivity index (χ4v) is 2.24. The molecule has 0 saturated heterocycles. The molecule has 0 aromatic heterocycles. The molecule has 1 aromatic rings. The van der Waals surface area contributed by atoms with Gasteiger partial charge in [0.1, 0.15) is 23.7 Å². The van der Waals surface area contributed by atoms with E-state index < -0.39 is 5.60 Å². The van der Waals surface area contributed by atoms with Gasteiger partial charge in [0.2, 0.25) is 0 Å². The minimum atomic E-state index is -0.443. The molecule has 4 heteroatoms. The minimum Gasteiger partial charge on any atom is -0.492 e. The molecule has 1 heterocycles. The van der Waals surface area contributed by atoms with Crippen molar-refractivity contribution in [2.24, 2.45) is 0 Å². The van der Waals surface area contributed by atoms with Crippen molar-refractivity contribution in [2.45, 2.75) is 45.8 Å². The van der Waals surface area contributed by atoms with Gasteiger partial charge in [0.15, 0.2) is 5.78 Å². The number of hydrogen-bond donors (Lipinski definition) is 1. The Kier molecular flexibility index (Phi) is 4.33. The lowest BCUT2D eigenvalue weighted by Crippen LogP contribution is -2.35. The van der Waals surface area contributed by atoms with Crippen LogP contribution in [0.5, 0.6) is 11.5 Å². The highest BCUT2D eigenvalue weighted by Crippen LogP contribution is 2.35. The monoisotopic (exact) mass is 277 g/mol. The summed E-state index contributed by atoms with van der Waals surface area (Å²) in [7, 11) is 0. The van der Waals surface area contributed by atoms with E-state index >= 15 is 0 Å². The Morgan fingerprint density at radius 1 is 1.40 bits per heavy atom. The van der Waals surface area contributed by atoms with Gasteiger partial charge in [-0.1, -0.05) is 13.8 Å². The SMILES string of the molecule is CC(C)NCCOc1ccc2c(c1)OC(C)(C)CC2=O. The third-order valence-corrected chi connectivity index (χ3v) is 3.15. The maximum atomic E-state index is 12.0. The van der Waals surface area contributed by atoms with Crippen LogP contribution >= 0.6 is 0 Å². The Hall–Kier alpha value is -1.55. The Morgan fingerprint density at radius 3 is 2.85 bits per heavy atom. The first-order valence-electron chi connectivity index (χ1n) is 7.10. The summed E-state index contributed by atoms with van der Waals surface area (Å²) in [6.07, 6.45) is 0.415. The van der Waals surface area contributed by atoms with E-state index in [0.29, 0.717) is 30.4 Å². The van der Waals surface area contributed by atoms with E-state index in [0.717, 1.165) is 12.3 Å². The van der Waals surface area contributed by atoms with Crippen LogP contribution in [0.4, 0.5) is 0 Å². The Morgan fingerprint density at radius 2 is 2.15 bits per heavy atom. The van der Waals surface area contributed by atoms with E-state index in [9.17, 15) is 4.79 Å². The fraction of sp³-hybridized carbons (Fsp3) is 0.562. The number of carbonyl (C=O) groups is 1. The maximum absolute atomic E-state index is 12.0. The Balaban J connectivity index is 2.02. The summed E-state index contributed by atoms with van der Waals surface area (Å²) in [5.41, 5.74) is 0.207. The molecule has 0 amide bonds. The highest BCUT2D eigenvalue weighted by Gasteiger charge is 2.32. The van der Waals surface area contributed by atoms with Gasteiger partial charge in [0.05, 0.1) is 12.0 Å². The van der Waals surface area contributed by atoms with E-state index in [2.05, 4.69) is 19.2 Å². The molecule has 1 aliphatic heterocycles. The maximum Gasteiger partial charge on any atom is 0.170 e. The number of carbonyl (C=O) groups excluding carboxylic acids is 1. The molecule has 0 unspecified atom stereocenters. The van der Waals surface area contributed by atoms with Gasteiger partial charge >= 0.3 is 0 Å². The van der Waals surface area contributed by atoms with Gasteiger partial charge in [-0.25, -0.2) is 0 Å². The van der Waals surface area contributed by atoms with Crippen LogP contribution in [0, 0.1) is 0 Å². The van der Waals surface area contributed by atoms with Crippen molar-refractivity contribution >= 4 is 5.78 Å². The van der Waals surface area contributed by atoms with Crippen molar-refractivity contribution in [3.05, 3.63) is 23.8 Å². The molecule has 4 nitrogen and oxygen atoms in total. The van der Waals surface area contributed by atoms with Gasteiger partial charge in [0, 0.05) is 18.7 Å². The number of rotatable bonds is 5. The summed E-state index contributed by atoms with van der Waals surface area (Å²) in [6.45, 7) is 9.43. The zero-order valence-corrected chi connectivity index (χ0v) is 12.7. The van der Waals surface area contributed by atoms with Crippen LogP contribution in [0.3, 0.4) is 0 Å². The molecule has 20 heavy (non-hydrogen) atoms. The second kappa shape index (κ2) is 5.83. The molecule has 0 fully saturated rings. The van der Waals surface area contributed by atoms with Crippen molar-refractivity contribution in [1.82, 2.24) is 5.32 Å². The van der Waals surface area contributed by atoms with Crippen LogP contribution in [0.25, 0.3) is 0 Å². The van der Waals surface area contributed by atoms with Gasteiger partial charge < -0.3 is 14.8 Å². The van der Waals surface area contributed by atoms with Gasteiger partial charge in [-0.2, -0.15) is 0 Å². The fourth-order valence-electron chi connectivity index (χ4n) is 2.24. The first-order chi connectivity index (χ1) is 9.37. The molecular weight excluding hydrogens is 254 g/mol. The molecular formula is C16H23NO3. The van der Waals surface area contributed by atoms with Gasteiger partial charge in [-0.05, 0) is 26.0 Å². The largest absolute Gasteiger partial charge is 0.492 e. The first kappa shape index (κ1) is 14.9. The molecule has 1 aliphatic rings. The number of nitrogens with one attached hydrogen (secondary N) is 1. The number of fused-ring (bicyclic) bond motifs is 1. The Bertz CT molecular complexity index is 494. The summed E-state index contributed by atoms with van der Waals surface area (Å²) in [5.74, 6) is 1.49. The summed E-state index contributed by atoms with van der Waals surface area (Å²) in [4.78, 5) is 12.0. The summed E-state index contributed by atoms with van der Waals surface area (Å²) >= 11 is 0. The smallest absolute Gasteiger partial charge is 0.170 e. The highest BCUT2D eigenvalue weighted by atomic mass is 16.5. The number of hydrogen-bond acceptors (Lipinski definition) is 4. The van der Waals surface area contributed by atoms with Crippen molar-refractivity contribution in [1.29, 1.82) is 0 Å². The molecule has 0 aliphatic carbocycles. The van der Waals surface area contributed by atoms with E-state index in [1.807, 2.05) is 26.0 Å². The third kappa shape index (κ3) is 3.73. The van der Waals surface area contributed by atoms with Gasteiger partial charge in [0.25, 0.3) is 0 Å². The van der Waals surface area contributed by atoms with Crippen LogP contribution in [0.15, 0.2) is 18.2 Å². The van der Waals surface area contributed by atoms with Gasteiger partial charge in [-0.3, -0.25) is 4.79 Å². The number of Topliss-reactive ketones (excluding diaryl/α,β-unsaturated/α-hetero) is 1. The van der Waals surface area contributed by atoms with E-state index in [1.54, 1.807) is 6.07 Å². The molecule has 2 rings (SSSR count). The molecule has 0 radical (unpaired) electrons. The Labute approximate surface area is 120 Å². The summed E-state index contributed by atoms with van der Waals surface area (Å²) < 4.78 is 11.5. The van der Waals surface area contributed by atoms with Gasteiger partial charge in [-0.15, -0.1) is 0 Å². The average Bonchev–Trinajstić information content (AvgIpc) is 2.32. The van der Waals surface area contributed by atoms with Crippen LogP contribution < -0.4 is 14.8 Å². The van der Waals surface area contributed by atoms with Crippen molar-refractivity contribution in [3.8, 4) is 11.5 Å². The third-order valence-electron chi connectivity index (χ3n) is 3.15. The molecule has 0 saturated carbocycles. The molecule has 0 bridgehead atoms. The lowest BCUT2D eigenvalue weighted by atomic mass is 9.93. The van der Waals surface area contributed by atoms with E-state index in [-0.39, 0.29) is 5.78 Å². The first-order valence-corrected chi connectivity index (χ1v) is 7.10. The number of benzene rings is 1. The molecule has 0 atom stereocenters. The summed E-state index contributed by atoms with van der Waals surface area (Å²) in [5, 5.41) is 3.29. The normalized spacial score (nSPS) is 16.8. The lowest BCUT2D eigenvalue weighted by molar-refractivity contribution is 0.0618. The molecule has 1 N–H and O–H groups in total. The second-order valence-electron chi connectivity index (χ2n) is 6.08. The average molecular weight is 277 g/mol. The lowest BCUT2D eigenvalue weighted by Gasteiger charge is -2.31. The van der Waals surface area contributed by atoms with Crippen molar-refractivity contribution in [3.63, 3.8) is 0 Å². The highest BCUT2D eigenvalue weighted by molar-refractivity contribution is 6.00. The van der Waals surface area contributed by atoms with Crippen molar-refractivity contribution < 1.29 is 14.3 Å². The van der Waals surface area contributed by atoms with E-state index in [4.69, 9.17) is 9.47 Å². The number of ketones is 1. The minimum absolute atomic E-state index is 0.129. The molecule has 1 aromatic carbocycles. The summed E-state index contributed by atoms with van der Waals surface area (Å²) in [6, 6.07) is 5.87. The predicted molar refractivity (Wildman–Crippen MR) is 78.7 cm³/mol. The second-order valence-corrected chi connectivity index (χ2v) is 6.08. The zero-order valence-electron chi connectivity index (χ0n) is 12.7. The standard InChI is InChI=1S/C16H23NO3/c1-11(2)17-7-8-19-12-5-6-13-14(18)10-16(3,4)20-15(13)9-12/h5-6,9,11,17H,7-8,10H2,1-4H3. The van der Waals surface area contributed by atoms with Crippen LogP contribution in [0.2, 0.25) is 0 Å². The molecule has 110 valence electrons. The quantitative estimate of drug-likeness (QED) is 0.841. The molecule has 0 spiro atoms. The predicted octanol–water partition coefficient (Wildman–Crippen LogP) is 2.81. The topological polar surface area (TPSA) is 47.6 Å². The van der Waals surface area contributed by atoms with Crippen molar-refractivity contribution in [2.75, 3.05) is 13.2 Å². The van der Waals surface area contributed by atoms with Crippen LogP contribution in [-0.4, -0.2) is 30.6 Å². The number of ether oxygens (including phenoxy) is 2. The van der Waals surface area contributed by atoms with Crippen LogP contribution in [0.1, 0.15) is 44.5 Å².